The van der Waals surface area contributed by atoms with Crippen LogP contribution in [0.2, 0.25) is 0 Å². The van der Waals surface area contributed by atoms with Crippen LogP contribution in [0.5, 0.6) is 0 Å². The molecule has 0 spiro atoms. The van der Waals surface area contributed by atoms with E-state index in [9.17, 15) is 14.4 Å². The van der Waals surface area contributed by atoms with Crippen LogP contribution in [0, 0.1) is 11.8 Å². The SMILES string of the molecule is NC(=O)CC#Cc1ccc2oc(=O)c(C(=O)O)cc2c1. The van der Waals surface area contributed by atoms with E-state index in [1.165, 1.54) is 12.1 Å². The average molecular weight is 271 g/mol. The molecule has 2 rings (SSSR count). The molecule has 0 radical (unpaired) electrons. The summed E-state index contributed by atoms with van der Waals surface area (Å²) in [6.07, 6.45) is -0.0672. The molecule has 6 heteroatoms. The molecule has 0 fully saturated rings. The number of aromatic carboxylic acids is 1. The van der Waals surface area contributed by atoms with Crippen LogP contribution in [0.1, 0.15) is 22.3 Å². The van der Waals surface area contributed by atoms with Crippen LogP contribution in [0.3, 0.4) is 0 Å². The normalized spacial score (nSPS) is 9.80. The molecule has 100 valence electrons. The fourth-order valence-corrected chi connectivity index (χ4v) is 1.58. The van der Waals surface area contributed by atoms with E-state index in [-0.39, 0.29) is 12.0 Å². The van der Waals surface area contributed by atoms with Gasteiger partial charge in [-0.25, -0.2) is 9.59 Å². The molecule has 0 saturated heterocycles. The van der Waals surface area contributed by atoms with Gasteiger partial charge in [0.2, 0.25) is 5.91 Å². The van der Waals surface area contributed by atoms with Gasteiger partial charge in [0, 0.05) is 10.9 Å². The van der Waals surface area contributed by atoms with Crippen molar-refractivity contribution in [2.75, 3.05) is 0 Å². The molecule has 1 aromatic carbocycles. The van der Waals surface area contributed by atoms with Gasteiger partial charge in [-0.15, -0.1) is 0 Å². The molecule has 0 aliphatic heterocycles. The van der Waals surface area contributed by atoms with Gasteiger partial charge < -0.3 is 15.3 Å². The second-order valence-electron chi connectivity index (χ2n) is 3.95. The molecular formula is C14H9NO5. The standard InChI is InChI=1S/C14H9NO5/c15-12(16)3-1-2-8-4-5-11-9(6-8)7-10(13(17)18)14(19)20-11/h4-7H,3H2,(H2,15,16)(H,17,18). The minimum Gasteiger partial charge on any atom is -0.477 e. The predicted molar refractivity (Wildman–Crippen MR) is 70.1 cm³/mol. The molecule has 6 nitrogen and oxygen atoms in total. The Morgan fingerprint density at radius 1 is 1.30 bits per heavy atom. The van der Waals surface area contributed by atoms with Crippen molar-refractivity contribution in [2.45, 2.75) is 6.42 Å². The second kappa shape index (κ2) is 5.28. The van der Waals surface area contributed by atoms with Gasteiger partial charge in [-0.1, -0.05) is 11.8 Å². The van der Waals surface area contributed by atoms with Crippen molar-refractivity contribution in [1.29, 1.82) is 0 Å². The summed E-state index contributed by atoms with van der Waals surface area (Å²) in [4.78, 5) is 32.8. The molecule has 0 aliphatic carbocycles. The van der Waals surface area contributed by atoms with Crippen molar-refractivity contribution in [3.63, 3.8) is 0 Å². The Morgan fingerprint density at radius 3 is 2.70 bits per heavy atom. The van der Waals surface area contributed by atoms with Crippen molar-refractivity contribution in [3.05, 3.63) is 45.8 Å². The van der Waals surface area contributed by atoms with E-state index in [1.807, 2.05) is 0 Å². The first-order valence-corrected chi connectivity index (χ1v) is 5.56. The van der Waals surface area contributed by atoms with Crippen LogP contribution >= 0.6 is 0 Å². The second-order valence-corrected chi connectivity index (χ2v) is 3.95. The van der Waals surface area contributed by atoms with Crippen molar-refractivity contribution in [2.24, 2.45) is 5.73 Å². The van der Waals surface area contributed by atoms with Gasteiger partial charge in [0.25, 0.3) is 0 Å². The average Bonchev–Trinajstić information content (AvgIpc) is 2.37. The van der Waals surface area contributed by atoms with Gasteiger partial charge in [0.1, 0.15) is 11.1 Å². The summed E-state index contributed by atoms with van der Waals surface area (Å²) in [6.45, 7) is 0. The van der Waals surface area contributed by atoms with Gasteiger partial charge >= 0.3 is 11.6 Å². The van der Waals surface area contributed by atoms with Gasteiger partial charge in [-0.05, 0) is 24.3 Å². The molecule has 0 saturated carbocycles. The quantitative estimate of drug-likeness (QED) is 0.617. The molecule has 0 aliphatic rings. The Balaban J connectivity index is 2.49. The monoisotopic (exact) mass is 271 g/mol. The number of carbonyl (C=O) groups is 2. The smallest absolute Gasteiger partial charge is 0.351 e. The lowest BCUT2D eigenvalue weighted by Gasteiger charge is -1.99. The third-order valence-electron chi connectivity index (χ3n) is 2.46. The van der Waals surface area contributed by atoms with Gasteiger partial charge in [0.15, 0.2) is 0 Å². The summed E-state index contributed by atoms with van der Waals surface area (Å²) >= 11 is 0. The highest BCUT2D eigenvalue weighted by Gasteiger charge is 2.11. The van der Waals surface area contributed by atoms with E-state index < -0.39 is 23.1 Å². The number of benzene rings is 1. The molecule has 1 heterocycles. The highest BCUT2D eigenvalue weighted by atomic mass is 16.4. The number of carbonyl (C=O) groups excluding carboxylic acids is 1. The molecule has 0 bridgehead atoms. The number of amides is 1. The number of primary amides is 1. The topological polar surface area (TPSA) is 111 Å². The summed E-state index contributed by atoms with van der Waals surface area (Å²) in [5.74, 6) is 3.41. The van der Waals surface area contributed by atoms with E-state index in [2.05, 4.69) is 11.8 Å². The van der Waals surface area contributed by atoms with E-state index in [0.717, 1.165) is 0 Å². The number of carboxylic acids is 1. The van der Waals surface area contributed by atoms with Crippen molar-refractivity contribution < 1.29 is 19.1 Å². The Hall–Kier alpha value is -3.07. The van der Waals surface area contributed by atoms with E-state index in [4.69, 9.17) is 15.3 Å². The Bertz CT molecular complexity index is 823. The zero-order valence-electron chi connectivity index (χ0n) is 10.2. The third kappa shape index (κ3) is 2.84. The minimum atomic E-state index is -1.36. The van der Waals surface area contributed by atoms with Crippen LogP contribution in [0.4, 0.5) is 0 Å². The zero-order valence-corrected chi connectivity index (χ0v) is 10.2. The molecule has 3 N–H and O–H groups in total. The maximum Gasteiger partial charge on any atom is 0.351 e. The van der Waals surface area contributed by atoms with Crippen LogP contribution in [-0.2, 0) is 4.79 Å². The summed E-state index contributed by atoms with van der Waals surface area (Å²) in [5.41, 5.74) is 4.43. The first-order valence-electron chi connectivity index (χ1n) is 5.56. The lowest BCUT2D eigenvalue weighted by atomic mass is 10.1. The van der Waals surface area contributed by atoms with E-state index in [1.54, 1.807) is 12.1 Å². The molecule has 20 heavy (non-hydrogen) atoms. The molecule has 0 atom stereocenters. The first-order chi connectivity index (χ1) is 9.47. The van der Waals surface area contributed by atoms with Crippen molar-refractivity contribution in [1.82, 2.24) is 0 Å². The number of carboxylic acid groups (broad SMARTS) is 1. The Kier molecular flexibility index (Phi) is 3.53. The first kappa shape index (κ1) is 13.4. The third-order valence-corrected chi connectivity index (χ3v) is 2.46. The maximum atomic E-state index is 11.4. The highest BCUT2D eigenvalue weighted by molar-refractivity contribution is 5.91. The van der Waals surface area contributed by atoms with Crippen LogP contribution in [0.25, 0.3) is 11.0 Å². The largest absolute Gasteiger partial charge is 0.477 e. The Labute approximate surface area is 112 Å². The summed E-state index contributed by atoms with van der Waals surface area (Å²) < 4.78 is 4.89. The van der Waals surface area contributed by atoms with Gasteiger partial charge in [-0.3, -0.25) is 4.79 Å². The highest BCUT2D eigenvalue weighted by Crippen LogP contribution is 2.15. The van der Waals surface area contributed by atoms with Crippen LogP contribution < -0.4 is 11.4 Å². The lowest BCUT2D eigenvalue weighted by Crippen LogP contribution is -2.12. The molecule has 1 aromatic heterocycles. The number of nitrogens with two attached hydrogens (primary N) is 1. The lowest BCUT2D eigenvalue weighted by molar-refractivity contribution is -0.117. The van der Waals surface area contributed by atoms with Crippen molar-refractivity contribution in [3.8, 4) is 11.8 Å². The summed E-state index contributed by atoms with van der Waals surface area (Å²) in [6, 6.07) is 5.90. The fourth-order valence-electron chi connectivity index (χ4n) is 1.58. The number of fused-ring (bicyclic) bond motifs is 1. The molecule has 2 aromatic rings. The predicted octanol–water partition coefficient (Wildman–Crippen LogP) is 0.718. The van der Waals surface area contributed by atoms with Gasteiger partial charge in [0.05, 0.1) is 6.42 Å². The van der Waals surface area contributed by atoms with Crippen molar-refractivity contribution >= 4 is 22.8 Å². The number of hydrogen-bond donors (Lipinski definition) is 2. The van der Waals surface area contributed by atoms with Gasteiger partial charge in [-0.2, -0.15) is 0 Å². The summed E-state index contributed by atoms with van der Waals surface area (Å²) in [5, 5.41) is 9.30. The van der Waals surface area contributed by atoms with E-state index in [0.29, 0.717) is 10.9 Å². The molecule has 1 amide bonds. The fraction of sp³-hybridized carbons (Fsp3) is 0.0714. The Morgan fingerprint density at radius 2 is 2.05 bits per heavy atom. The van der Waals surface area contributed by atoms with Crippen LogP contribution in [0.15, 0.2) is 33.5 Å². The molecule has 0 unspecified atom stereocenters. The van der Waals surface area contributed by atoms with E-state index >= 15 is 0 Å². The molecular weight excluding hydrogens is 262 g/mol. The number of rotatable bonds is 2. The maximum absolute atomic E-state index is 11.4. The minimum absolute atomic E-state index is 0.0672. The zero-order chi connectivity index (χ0) is 14.7. The van der Waals surface area contributed by atoms with Crippen LogP contribution in [-0.4, -0.2) is 17.0 Å². The summed E-state index contributed by atoms with van der Waals surface area (Å²) in [7, 11) is 0. The number of hydrogen-bond acceptors (Lipinski definition) is 4.